The molecule has 0 unspecified atom stereocenters. The first-order chi connectivity index (χ1) is 11.3. The number of aromatic nitrogens is 1. The molecule has 5 heteroatoms. The summed E-state index contributed by atoms with van der Waals surface area (Å²) in [4.78, 5) is 16.4. The molecule has 3 aromatic rings. The first-order valence-electron chi connectivity index (χ1n) is 7.29. The van der Waals surface area contributed by atoms with E-state index in [1.165, 1.54) is 16.9 Å². The van der Waals surface area contributed by atoms with Crippen LogP contribution in [0.2, 0.25) is 0 Å². The van der Waals surface area contributed by atoms with E-state index in [1.807, 2.05) is 41.8 Å². The number of nitrogens with zero attached hydrogens (tertiary/aromatic N) is 1. The van der Waals surface area contributed by atoms with Crippen LogP contribution in [-0.4, -0.2) is 17.5 Å². The molecule has 0 spiro atoms. The number of benzene rings is 2. The Kier molecular flexibility index (Phi) is 5.01. The maximum atomic E-state index is 12.3. The number of ether oxygens (including phenoxy) is 1. The highest BCUT2D eigenvalue weighted by atomic mass is 32.1. The van der Waals surface area contributed by atoms with Crippen molar-refractivity contribution >= 4 is 22.4 Å². The lowest BCUT2D eigenvalue weighted by atomic mass is 10.1. The molecule has 0 saturated carbocycles. The molecular weight excluding hydrogens is 308 g/mol. The molecular formula is C18H16N2O2S. The Bertz CT molecular complexity index is 758. The molecule has 116 valence electrons. The smallest absolute Gasteiger partial charge is 0.261 e. The molecule has 4 nitrogen and oxygen atoms in total. The van der Waals surface area contributed by atoms with Gasteiger partial charge in [0, 0.05) is 18.0 Å². The quantitative estimate of drug-likeness (QED) is 0.745. The van der Waals surface area contributed by atoms with Gasteiger partial charge >= 0.3 is 0 Å². The fourth-order valence-corrected chi connectivity index (χ4v) is 2.68. The monoisotopic (exact) mass is 324 g/mol. The normalized spacial score (nSPS) is 10.3. The summed E-state index contributed by atoms with van der Waals surface area (Å²) in [6.07, 6.45) is 2.45. The molecule has 0 radical (unpaired) electrons. The van der Waals surface area contributed by atoms with Gasteiger partial charge in [-0.3, -0.25) is 10.1 Å². The third-order valence-corrected chi connectivity index (χ3v) is 3.96. The van der Waals surface area contributed by atoms with Crippen molar-refractivity contribution in [3.05, 3.63) is 77.3 Å². The molecule has 0 fully saturated rings. The number of hydrogen-bond donors (Lipinski definition) is 1. The zero-order chi connectivity index (χ0) is 15.9. The van der Waals surface area contributed by atoms with Crippen molar-refractivity contribution in [3.63, 3.8) is 0 Å². The van der Waals surface area contributed by atoms with Crippen molar-refractivity contribution in [2.45, 2.75) is 6.42 Å². The summed E-state index contributed by atoms with van der Waals surface area (Å²) in [6.45, 7) is 0.519. The minimum Gasteiger partial charge on any atom is -0.492 e. The van der Waals surface area contributed by atoms with E-state index in [2.05, 4.69) is 22.4 Å². The molecule has 0 aliphatic rings. The van der Waals surface area contributed by atoms with Crippen molar-refractivity contribution in [3.8, 4) is 5.75 Å². The maximum absolute atomic E-state index is 12.3. The number of carbonyl (C=O) groups is 1. The SMILES string of the molecule is O=C(Nc1nccs1)c1ccccc1OCCc1ccccc1. The van der Waals surface area contributed by atoms with E-state index < -0.39 is 0 Å². The van der Waals surface area contributed by atoms with Crippen LogP contribution in [0.3, 0.4) is 0 Å². The van der Waals surface area contributed by atoms with Gasteiger partial charge in [-0.15, -0.1) is 11.3 Å². The Balaban J connectivity index is 1.64. The van der Waals surface area contributed by atoms with Gasteiger partial charge in [0.25, 0.3) is 5.91 Å². The number of nitrogens with one attached hydrogen (secondary N) is 1. The Morgan fingerprint density at radius 2 is 1.87 bits per heavy atom. The predicted octanol–water partition coefficient (Wildman–Crippen LogP) is 4.02. The van der Waals surface area contributed by atoms with Crippen molar-refractivity contribution in [1.29, 1.82) is 0 Å². The van der Waals surface area contributed by atoms with Gasteiger partial charge in [-0.2, -0.15) is 0 Å². The van der Waals surface area contributed by atoms with Crippen LogP contribution < -0.4 is 10.1 Å². The summed E-state index contributed by atoms with van der Waals surface area (Å²) in [7, 11) is 0. The van der Waals surface area contributed by atoms with Crippen LogP contribution in [0.5, 0.6) is 5.75 Å². The summed E-state index contributed by atoms with van der Waals surface area (Å²) in [5, 5.41) is 5.17. The van der Waals surface area contributed by atoms with Gasteiger partial charge < -0.3 is 4.74 Å². The zero-order valence-corrected chi connectivity index (χ0v) is 13.3. The van der Waals surface area contributed by atoms with Gasteiger partial charge in [-0.25, -0.2) is 4.98 Å². The van der Waals surface area contributed by atoms with E-state index in [9.17, 15) is 4.79 Å². The molecule has 1 amide bonds. The Hall–Kier alpha value is -2.66. The summed E-state index contributed by atoms with van der Waals surface area (Å²) in [5.74, 6) is 0.368. The van der Waals surface area contributed by atoms with Crippen molar-refractivity contribution in [1.82, 2.24) is 4.98 Å². The van der Waals surface area contributed by atoms with E-state index >= 15 is 0 Å². The van der Waals surface area contributed by atoms with E-state index in [0.717, 1.165) is 6.42 Å². The van der Waals surface area contributed by atoms with Gasteiger partial charge in [0.1, 0.15) is 5.75 Å². The van der Waals surface area contributed by atoms with Gasteiger partial charge in [-0.05, 0) is 17.7 Å². The number of hydrogen-bond acceptors (Lipinski definition) is 4. The summed E-state index contributed by atoms with van der Waals surface area (Å²) >= 11 is 1.38. The van der Waals surface area contributed by atoms with Crippen LogP contribution in [0.25, 0.3) is 0 Å². The van der Waals surface area contributed by atoms with Crippen LogP contribution in [0, 0.1) is 0 Å². The van der Waals surface area contributed by atoms with Crippen LogP contribution in [0.1, 0.15) is 15.9 Å². The lowest BCUT2D eigenvalue weighted by Crippen LogP contribution is -2.14. The standard InChI is InChI=1S/C18H16N2O2S/c21-17(20-18-19-11-13-23-18)15-8-4-5-9-16(15)22-12-10-14-6-2-1-3-7-14/h1-9,11,13H,10,12H2,(H,19,20,21). The fraction of sp³-hybridized carbons (Fsp3) is 0.111. The number of anilines is 1. The molecule has 0 aliphatic heterocycles. The maximum Gasteiger partial charge on any atom is 0.261 e. The third-order valence-electron chi connectivity index (χ3n) is 3.28. The van der Waals surface area contributed by atoms with Crippen LogP contribution >= 0.6 is 11.3 Å². The molecule has 1 aromatic heterocycles. The van der Waals surface area contributed by atoms with E-state index in [1.54, 1.807) is 12.3 Å². The lowest BCUT2D eigenvalue weighted by molar-refractivity contribution is 0.102. The second-order valence-corrected chi connectivity index (χ2v) is 5.77. The minimum absolute atomic E-state index is 0.213. The second kappa shape index (κ2) is 7.56. The summed E-state index contributed by atoms with van der Waals surface area (Å²) in [6, 6.07) is 17.4. The first kappa shape index (κ1) is 15.2. The van der Waals surface area contributed by atoms with Crippen LogP contribution in [0.15, 0.2) is 66.2 Å². The lowest BCUT2D eigenvalue weighted by Gasteiger charge is -2.11. The fourth-order valence-electron chi connectivity index (χ4n) is 2.15. The van der Waals surface area contributed by atoms with Gasteiger partial charge in [0.05, 0.1) is 12.2 Å². The first-order valence-corrected chi connectivity index (χ1v) is 8.17. The third kappa shape index (κ3) is 4.17. The average Bonchev–Trinajstić information content (AvgIpc) is 3.09. The van der Waals surface area contributed by atoms with Crippen LogP contribution in [0.4, 0.5) is 5.13 Å². The highest BCUT2D eigenvalue weighted by molar-refractivity contribution is 7.13. The number of amides is 1. The summed E-state index contributed by atoms with van der Waals surface area (Å²) < 4.78 is 5.80. The van der Waals surface area contributed by atoms with E-state index in [0.29, 0.717) is 23.1 Å². The number of para-hydroxylation sites is 1. The molecule has 3 rings (SSSR count). The molecule has 0 atom stereocenters. The van der Waals surface area contributed by atoms with E-state index in [4.69, 9.17) is 4.74 Å². The van der Waals surface area contributed by atoms with E-state index in [-0.39, 0.29) is 5.91 Å². The number of carbonyl (C=O) groups excluding carboxylic acids is 1. The van der Waals surface area contributed by atoms with Gasteiger partial charge in [0.2, 0.25) is 0 Å². The van der Waals surface area contributed by atoms with Crippen molar-refractivity contribution < 1.29 is 9.53 Å². The molecule has 0 bridgehead atoms. The second-order valence-electron chi connectivity index (χ2n) is 4.87. The van der Waals surface area contributed by atoms with Gasteiger partial charge in [0.15, 0.2) is 5.13 Å². The Labute approximate surface area is 138 Å². The highest BCUT2D eigenvalue weighted by Crippen LogP contribution is 2.20. The largest absolute Gasteiger partial charge is 0.492 e. The number of thiazole rings is 1. The summed E-state index contributed by atoms with van der Waals surface area (Å²) in [5.41, 5.74) is 1.72. The number of rotatable bonds is 6. The molecule has 1 heterocycles. The predicted molar refractivity (Wildman–Crippen MR) is 92.2 cm³/mol. The topological polar surface area (TPSA) is 51.2 Å². The molecule has 23 heavy (non-hydrogen) atoms. The van der Waals surface area contributed by atoms with Gasteiger partial charge in [-0.1, -0.05) is 42.5 Å². The molecule has 1 N–H and O–H groups in total. The Morgan fingerprint density at radius 1 is 1.09 bits per heavy atom. The minimum atomic E-state index is -0.213. The molecule has 2 aromatic carbocycles. The molecule has 0 saturated heterocycles. The zero-order valence-electron chi connectivity index (χ0n) is 12.4. The molecule has 0 aliphatic carbocycles. The van der Waals surface area contributed by atoms with Crippen molar-refractivity contribution in [2.75, 3.05) is 11.9 Å². The average molecular weight is 324 g/mol. The highest BCUT2D eigenvalue weighted by Gasteiger charge is 2.13. The Morgan fingerprint density at radius 3 is 2.65 bits per heavy atom. The van der Waals surface area contributed by atoms with Crippen molar-refractivity contribution in [2.24, 2.45) is 0 Å². The van der Waals surface area contributed by atoms with Crippen LogP contribution in [-0.2, 0) is 6.42 Å².